The fourth-order valence-electron chi connectivity index (χ4n) is 4.42. The van der Waals surface area contributed by atoms with Gasteiger partial charge in [-0.2, -0.15) is 0 Å². The van der Waals surface area contributed by atoms with Crippen LogP contribution in [0.4, 0.5) is 0 Å². The van der Waals surface area contributed by atoms with Crippen molar-refractivity contribution in [1.82, 2.24) is 14.5 Å². The van der Waals surface area contributed by atoms with E-state index in [2.05, 4.69) is 15.6 Å². The summed E-state index contributed by atoms with van der Waals surface area (Å²) in [7, 11) is 1.40. The molecule has 1 N–H and O–H groups in total. The second kappa shape index (κ2) is 8.43. The van der Waals surface area contributed by atoms with E-state index in [1.54, 1.807) is 6.07 Å². The van der Waals surface area contributed by atoms with Crippen LogP contribution in [-0.4, -0.2) is 40.3 Å². The molecule has 5 rings (SSSR count). The van der Waals surface area contributed by atoms with Gasteiger partial charge >= 0.3 is 10.8 Å². The number of aromatic amines is 1. The molecule has 0 radical (unpaired) electrons. The van der Waals surface area contributed by atoms with E-state index in [4.69, 9.17) is 14.5 Å². The second-order valence-electron chi connectivity index (χ2n) is 8.25. The minimum absolute atomic E-state index is 0.00345. The maximum absolute atomic E-state index is 12.0. The van der Waals surface area contributed by atoms with Crippen molar-refractivity contribution in [1.29, 1.82) is 0 Å². The SMILES string of the molecule is COC(=O)c1ccc2nc(CC3CC=C(c4csc(=O)[nH]4)CC3)n(C[C@@H]3CCO3)c2c1. The van der Waals surface area contributed by atoms with Gasteiger partial charge in [0.05, 0.1) is 42.0 Å². The molecule has 0 amide bonds. The number of carbonyl (C=O) groups excluding carboxylic acids is 1. The van der Waals surface area contributed by atoms with E-state index in [-0.39, 0.29) is 16.9 Å². The highest BCUT2D eigenvalue weighted by atomic mass is 32.1. The van der Waals surface area contributed by atoms with Gasteiger partial charge in [-0.3, -0.25) is 4.79 Å². The number of fused-ring (bicyclic) bond motifs is 1. The van der Waals surface area contributed by atoms with E-state index in [1.165, 1.54) is 24.0 Å². The van der Waals surface area contributed by atoms with Crippen molar-refractivity contribution >= 4 is 33.9 Å². The third-order valence-electron chi connectivity index (χ3n) is 6.29. The first kappa shape index (κ1) is 20.2. The molecule has 2 aromatic heterocycles. The number of benzene rings is 1. The van der Waals surface area contributed by atoms with Gasteiger partial charge in [0.1, 0.15) is 5.82 Å². The molecule has 0 spiro atoms. The number of thiazole rings is 1. The molecule has 1 aromatic carbocycles. The number of methoxy groups -OCH3 is 1. The lowest BCUT2D eigenvalue weighted by Gasteiger charge is -2.28. The summed E-state index contributed by atoms with van der Waals surface area (Å²) in [5.41, 5.74) is 4.57. The quantitative estimate of drug-likeness (QED) is 0.591. The minimum Gasteiger partial charge on any atom is -0.465 e. The van der Waals surface area contributed by atoms with Crippen molar-refractivity contribution in [3.63, 3.8) is 0 Å². The number of esters is 1. The summed E-state index contributed by atoms with van der Waals surface area (Å²) in [5, 5.41) is 1.91. The Kier molecular flexibility index (Phi) is 5.50. The lowest BCUT2D eigenvalue weighted by atomic mass is 9.86. The van der Waals surface area contributed by atoms with Gasteiger partial charge < -0.3 is 19.0 Å². The Morgan fingerprint density at radius 2 is 2.26 bits per heavy atom. The molecule has 8 heteroatoms. The highest BCUT2D eigenvalue weighted by Crippen LogP contribution is 2.32. The Bertz CT molecular complexity index is 1200. The monoisotopic (exact) mass is 439 g/mol. The zero-order valence-corrected chi connectivity index (χ0v) is 18.2. The topological polar surface area (TPSA) is 86.2 Å². The molecule has 1 aliphatic heterocycles. The molecule has 1 unspecified atom stereocenters. The number of hydrogen-bond acceptors (Lipinski definition) is 6. The predicted octanol–water partition coefficient (Wildman–Crippen LogP) is 3.79. The van der Waals surface area contributed by atoms with Crippen LogP contribution < -0.4 is 4.87 Å². The zero-order chi connectivity index (χ0) is 21.4. The molecule has 1 fully saturated rings. The number of nitrogens with zero attached hydrogens (tertiary/aromatic N) is 2. The van der Waals surface area contributed by atoms with Crippen molar-refractivity contribution < 1.29 is 14.3 Å². The molecular weight excluding hydrogens is 414 g/mol. The molecule has 31 heavy (non-hydrogen) atoms. The molecule has 7 nitrogen and oxygen atoms in total. The molecule has 3 aromatic rings. The van der Waals surface area contributed by atoms with E-state index in [0.29, 0.717) is 11.5 Å². The maximum atomic E-state index is 12.0. The van der Waals surface area contributed by atoms with Crippen molar-refractivity contribution in [3.8, 4) is 0 Å². The predicted molar refractivity (Wildman–Crippen MR) is 119 cm³/mol. The van der Waals surface area contributed by atoms with E-state index >= 15 is 0 Å². The Morgan fingerprint density at radius 3 is 2.90 bits per heavy atom. The van der Waals surface area contributed by atoms with Crippen molar-refractivity contribution in [2.75, 3.05) is 13.7 Å². The fraction of sp³-hybridized carbons (Fsp3) is 0.435. The normalized spacial score (nSPS) is 21.0. The van der Waals surface area contributed by atoms with Gasteiger partial charge in [0.15, 0.2) is 0 Å². The summed E-state index contributed by atoms with van der Waals surface area (Å²) in [6, 6.07) is 5.55. The number of aromatic nitrogens is 3. The first-order chi connectivity index (χ1) is 15.1. The number of ether oxygens (including phenoxy) is 2. The standard InChI is InChI=1S/C23H25N3O4S/c1-29-22(27)16-6-7-18-20(11-16)26(12-17-8-9-30-17)21(24-18)10-14-2-4-15(5-3-14)19-13-31-23(28)25-19/h4,6-7,11,13-14,17H,2-3,5,8-10,12H2,1H3,(H,25,28)/t14?,17-/m0/s1. The Hall–Kier alpha value is -2.71. The summed E-state index contributed by atoms with van der Waals surface area (Å²) >= 11 is 1.21. The molecule has 1 aliphatic carbocycles. The van der Waals surface area contributed by atoms with Gasteiger partial charge in [0.2, 0.25) is 0 Å². The number of imidazole rings is 1. The van der Waals surface area contributed by atoms with Gasteiger partial charge in [0.25, 0.3) is 0 Å². The Labute approximate surface area is 183 Å². The first-order valence-corrected chi connectivity index (χ1v) is 11.5. The summed E-state index contributed by atoms with van der Waals surface area (Å²) in [4.78, 5) is 31.3. The second-order valence-corrected chi connectivity index (χ2v) is 9.09. The highest BCUT2D eigenvalue weighted by molar-refractivity contribution is 7.07. The van der Waals surface area contributed by atoms with Crippen molar-refractivity contribution in [3.05, 3.63) is 56.4 Å². The van der Waals surface area contributed by atoms with Gasteiger partial charge in [-0.05, 0) is 55.4 Å². The molecular formula is C23H25N3O4S. The van der Waals surface area contributed by atoms with Crippen LogP contribution in [0.2, 0.25) is 0 Å². The summed E-state index contributed by atoms with van der Waals surface area (Å²) in [6.45, 7) is 1.56. The van der Waals surface area contributed by atoms with Crippen LogP contribution in [0.1, 0.15) is 47.6 Å². The highest BCUT2D eigenvalue weighted by Gasteiger charge is 2.25. The van der Waals surface area contributed by atoms with Crippen LogP contribution in [0, 0.1) is 5.92 Å². The Morgan fingerprint density at radius 1 is 1.39 bits per heavy atom. The number of rotatable bonds is 6. The molecule has 1 saturated heterocycles. The molecule has 3 heterocycles. The van der Waals surface area contributed by atoms with E-state index in [1.807, 2.05) is 17.5 Å². The van der Waals surface area contributed by atoms with Crippen LogP contribution in [0.15, 0.2) is 34.4 Å². The average Bonchev–Trinajstić information content (AvgIpc) is 3.33. The van der Waals surface area contributed by atoms with Crippen molar-refractivity contribution in [2.24, 2.45) is 5.92 Å². The number of H-pyrrole nitrogens is 1. The van der Waals surface area contributed by atoms with Gasteiger partial charge in [-0.25, -0.2) is 9.78 Å². The fourth-order valence-corrected chi connectivity index (χ4v) is 5.03. The first-order valence-electron chi connectivity index (χ1n) is 10.7. The number of allylic oxidation sites excluding steroid dienone is 2. The molecule has 0 bridgehead atoms. The van der Waals surface area contributed by atoms with Crippen LogP contribution in [-0.2, 0) is 22.4 Å². The lowest BCUT2D eigenvalue weighted by Crippen LogP contribution is -2.32. The third kappa shape index (κ3) is 4.09. The minimum atomic E-state index is -0.340. The number of nitrogens with one attached hydrogen (secondary N) is 1. The van der Waals surface area contributed by atoms with E-state index < -0.39 is 0 Å². The molecule has 2 aliphatic rings. The van der Waals surface area contributed by atoms with Crippen LogP contribution >= 0.6 is 11.3 Å². The summed E-state index contributed by atoms with van der Waals surface area (Å²) in [5.74, 6) is 1.19. The van der Waals surface area contributed by atoms with E-state index in [9.17, 15) is 9.59 Å². The van der Waals surface area contributed by atoms with Gasteiger partial charge in [-0.15, -0.1) is 0 Å². The lowest BCUT2D eigenvalue weighted by molar-refractivity contribution is -0.0590. The van der Waals surface area contributed by atoms with Gasteiger partial charge in [-0.1, -0.05) is 17.4 Å². The summed E-state index contributed by atoms with van der Waals surface area (Å²) < 4.78 is 12.8. The average molecular weight is 440 g/mol. The molecule has 0 saturated carbocycles. The van der Waals surface area contributed by atoms with Crippen LogP contribution in [0.3, 0.4) is 0 Å². The number of carbonyl (C=O) groups is 1. The van der Waals surface area contributed by atoms with Crippen LogP contribution in [0.5, 0.6) is 0 Å². The Balaban J connectivity index is 1.40. The van der Waals surface area contributed by atoms with E-state index in [0.717, 1.165) is 67.8 Å². The largest absolute Gasteiger partial charge is 0.465 e. The third-order valence-corrected chi connectivity index (χ3v) is 6.95. The molecule has 2 atom stereocenters. The molecule has 162 valence electrons. The number of hydrogen-bond donors (Lipinski definition) is 1. The smallest absolute Gasteiger partial charge is 0.337 e. The van der Waals surface area contributed by atoms with Gasteiger partial charge in [0, 0.05) is 18.4 Å². The van der Waals surface area contributed by atoms with Crippen LogP contribution in [0.25, 0.3) is 16.6 Å². The maximum Gasteiger partial charge on any atom is 0.337 e. The van der Waals surface area contributed by atoms with Crippen molar-refractivity contribution in [2.45, 2.75) is 44.8 Å². The summed E-state index contributed by atoms with van der Waals surface area (Å²) in [6.07, 6.45) is 7.35. The zero-order valence-electron chi connectivity index (χ0n) is 17.4.